The van der Waals surface area contributed by atoms with E-state index in [4.69, 9.17) is 0 Å². The Morgan fingerprint density at radius 1 is 1.50 bits per heavy atom. The summed E-state index contributed by atoms with van der Waals surface area (Å²) in [6.07, 6.45) is 2.34. The van der Waals surface area contributed by atoms with Crippen LogP contribution in [0.4, 0.5) is 0 Å². The summed E-state index contributed by atoms with van der Waals surface area (Å²) in [4.78, 5) is 13.8. The molecule has 0 atom stereocenters. The lowest BCUT2D eigenvalue weighted by atomic mass is 10.1. The molecule has 1 aliphatic heterocycles. The van der Waals surface area contributed by atoms with Crippen molar-refractivity contribution in [3.8, 4) is 0 Å². The molecule has 0 bridgehead atoms. The molecule has 2 fully saturated rings. The third-order valence-electron chi connectivity index (χ3n) is 2.97. The average molecular weight is 197 g/mol. The minimum Gasteiger partial charge on any atom is -0.352 e. The highest BCUT2D eigenvalue weighted by atomic mass is 16.2. The van der Waals surface area contributed by atoms with Gasteiger partial charge in [0.15, 0.2) is 0 Å². The van der Waals surface area contributed by atoms with Crippen LogP contribution in [0.1, 0.15) is 19.8 Å². The summed E-state index contributed by atoms with van der Waals surface area (Å²) in [7, 11) is 0. The lowest BCUT2D eigenvalue weighted by Gasteiger charge is -2.37. The lowest BCUT2D eigenvalue weighted by Crippen LogP contribution is -2.58. The summed E-state index contributed by atoms with van der Waals surface area (Å²) in [5, 5.41) is 6.25. The van der Waals surface area contributed by atoms with Gasteiger partial charge in [-0.2, -0.15) is 0 Å². The van der Waals surface area contributed by atoms with Gasteiger partial charge in [0.05, 0.1) is 6.54 Å². The van der Waals surface area contributed by atoms with Crippen molar-refractivity contribution in [2.45, 2.75) is 31.8 Å². The fraction of sp³-hybridized carbons (Fsp3) is 0.900. The molecular weight excluding hydrogens is 178 g/mol. The lowest BCUT2D eigenvalue weighted by molar-refractivity contribution is -0.123. The maximum atomic E-state index is 11.5. The number of hydrogen-bond acceptors (Lipinski definition) is 3. The number of amides is 1. The summed E-state index contributed by atoms with van der Waals surface area (Å²) >= 11 is 0. The smallest absolute Gasteiger partial charge is 0.234 e. The van der Waals surface area contributed by atoms with Crippen LogP contribution in [0, 0.1) is 0 Å². The molecule has 4 heteroatoms. The molecule has 14 heavy (non-hydrogen) atoms. The molecule has 2 N–H and O–H groups in total. The second-order valence-electron chi connectivity index (χ2n) is 4.22. The zero-order valence-corrected chi connectivity index (χ0v) is 8.75. The van der Waals surface area contributed by atoms with Crippen molar-refractivity contribution in [2.75, 3.05) is 26.2 Å². The van der Waals surface area contributed by atoms with E-state index in [1.165, 1.54) is 12.8 Å². The Morgan fingerprint density at radius 2 is 2.21 bits per heavy atom. The van der Waals surface area contributed by atoms with Crippen molar-refractivity contribution >= 4 is 5.91 Å². The van der Waals surface area contributed by atoms with Gasteiger partial charge in [-0.05, 0) is 19.4 Å². The van der Waals surface area contributed by atoms with E-state index in [1.807, 2.05) is 0 Å². The van der Waals surface area contributed by atoms with E-state index in [-0.39, 0.29) is 5.91 Å². The van der Waals surface area contributed by atoms with Gasteiger partial charge in [0, 0.05) is 25.2 Å². The Morgan fingerprint density at radius 3 is 2.64 bits per heavy atom. The van der Waals surface area contributed by atoms with E-state index in [9.17, 15) is 4.79 Å². The van der Waals surface area contributed by atoms with Crippen LogP contribution in [-0.2, 0) is 4.79 Å². The number of nitrogens with one attached hydrogen (secondary N) is 2. The monoisotopic (exact) mass is 197 g/mol. The molecule has 2 aliphatic rings. The average Bonchev–Trinajstić information content (AvgIpc) is 2.83. The van der Waals surface area contributed by atoms with Crippen molar-refractivity contribution < 1.29 is 4.79 Å². The Bertz CT molecular complexity index is 211. The molecule has 0 aromatic heterocycles. The maximum Gasteiger partial charge on any atom is 0.234 e. The normalized spacial score (nSPS) is 22.1. The van der Waals surface area contributed by atoms with Gasteiger partial charge >= 0.3 is 0 Å². The van der Waals surface area contributed by atoms with E-state index in [2.05, 4.69) is 22.5 Å². The maximum absolute atomic E-state index is 11.5. The first-order valence-electron chi connectivity index (χ1n) is 5.53. The van der Waals surface area contributed by atoms with Crippen LogP contribution in [-0.4, -0.2) is 49.1 Å². The Hall–Kier alpha value is -0.610. The number of nitrogens with zero attached hydrogens (tertiary/aromatic N) is 1. The Kier molecular flexibility index (Phi) is 3.03. The molecule has 0 spiro atoms. The van der Waals surface area contributed by atoms with Crippen molar-refractivity contribution in [1.29, 1.82) is 0 Å². The number of carbonyl (C=O) groups excluding carboxylic acids is 1. The second-order valence-corrected chi connectivity index (χ2v) is 4.22. The molecule has 1 aliphatic carbocycles. The van der Waals surface area contributed by atoms with E-state index in [1.54, 1.807) is 0 Å². The van der Waals surface area contributed by atoms with Gasteiger partial charge < -0.3 is 10.6 Å². The van der Waals surface area contributed by atoms with Crippen LogP contribution in [0.2, 0.25) is 0 Å². The molecule has 1 saturated heterocycles. The standard InChI is InChI=1S/C10H19N3O/c1-2-13(9-5-11-6-9)7-10(14)12-8-3-4-8/h8-9,11H,2-7H2,1H3,(H,12,14). The minimum atomic E-state index is 0.196. The molecule has 0 aromatic carbocycles. The van der Waals surface area contributed by atoms with E-state index in [0.29, 0.717) is 18.6 Å². The molecule has 0 radical (unpaired) electrons. The van der Waals surface area contributed by atoms with Gasteiger partial charge in [-0.1, -0.05) is 6.92 Å². The summed E-state index contributed by atoms with van der Waals surface area (Å²) in [6, 6.07) is 1.06. The molecule has 0 aromatic rings. The quantitative estimate of drug-likeness (QED) is 0.628. The van der Waals surface area contributed by atoms with Gasteiger partial charge in [-0.25, -0.2) is 0 Å². The van der Waals surface area contributed by atoms with E-state index >= 15 is 0 Å². The first-order chi connectivity index (χ1) is 6.79. The first kappa shape index (κ1) is 9.93. The van der Waals surface area contributed by atoms with Crippen molar-refractivity contribution in [3.05, 3.63) is 0 Å². The van der Waals surface area contributed by atoms with Crippen molar-refractivity contribution in [2.24, 2.45) is 0 Å². The summed E-state index contributed by atoms with van der Waals surface area (Å²) in [5.41, 5.74) is 0. The van der Waals surface area contributed by atoms with Crippen LogP contribution >= 0.6 is 0 Å². The van der Waals surface area contributed by atoms with Gasteiger partial charge in [0.1, 0.15) is 0 Å². The molecule has 1 heterocycles. The Labute approximate surface area is 85.0 Å². The van der Waals surface area contributed by atoms with Crippen LogP contribution in [0.25, 0.3) is 0 Å². The van der Waals surface area contributed by atoms with Gasteiger partial charge in [0.2, 0.25) is 5.91 Å². The number of hydrogen-bond donors (Lipinski definition) is 2. The van der Waals surface area contributed by atoms with E-state index < -0.39 is 0 Å². The molecule has 4 nitrogen and oxygen atoms in total. The second kappa shape index (κ2) is 4.28. The number of rotatable bonds is 5. The minimum absolute atomic E-state index is 0.196. The summed E-state index contributed by atoms with van der Waals surface area (Å²) < 4.78 is 0. The number of carbonyl (C=O) groups is 1. The zero-order chi connectivity index (χ0) is 9.97. The zero-order valence-electron chi connectivity index (χ0n) is 8.75. The fourth-order valence-corrected chi connectivity index (χ4v) is 1.72. The van der Waals surface area contributed by atoms with Crippen LogP contribution in [0.5, 0.6) is 0 Å². The first-order valence-corrected chi connectivity index (χ1v) is 5.53. The Balaban J connectivity index is 1.71. The summed E-state index contributed by atoms with van der Waals surface area (Å²) in [6.45, 7) is 5.71. The highest BCUT2D eigenvalue weighted by Gasteiger charge is 2.27. The van der Waals surface area contributed by atoms with Crippen molar-refractivity contribution in [3.63, 3.8) is 0 Å². The van der Waals surface area contributed by atoms with Gasteiger partial charge in [-0.15, -0.1) is 0 Å². The van der Waals surface area contributed by atoms with Gasteiger partial charge in [-0.3, -0.25) is 9.69 Å². The molecule has 2 rings (SSSR count). The van der Waals surface area contributed by atoms with E-state index in [0.717, 1.165) is 19.6 Å². The largest absolute Gasteiger partial charge is 0.352 e. The molecular formula is C10H19N3O. The highest BCUT2D eigenvalue weighted by molar-refractivity contribution is 5.78. The van der Waals surface area contributed by atoms with Crippen molar-refractivity contribution in [1.82, 2.24) is 15.5 Å². The predicted molar refractivity (Wildman–Crippen MR) is 55.1 cm³/mol. The summed E-state index contributed by atoms with van der Waals surface area (Å²) in [5.74, 6) is 0.196. The SMILES string of the molecule is CCN(CC(=O)NC1CC1)C1CNC1. The molecule has 0 unspecified atom stereocenters. The predicted octanol–water partition coefficient (Wildman–Crippen LogP) is -0.441. The third-order valence-corrected chi connectivity index (χ3v) is 2.97. The van der Waals surface area contributed by atoms with Crippen LogP contribution in [0.15, 0.2) is 0 Å². The number of likely N-dealkylation sites (N-methyl/N-ethyl adjacent to an activating group) is 1. The molecule has 80 valence electrons. The van der Waals surface area contributed by atoms with Gasteiger partial charge in [0.25, 0.3) is 0 Å². The van der Waals surface area contributed by atoms with Crippen LogP contribution in [0.3, 0.4) is 0 Å². The fourth-order valence-electron chi connectivity index (χ4n) is 1.72. The highest BCUT2D eigenvalue weighted by Crippen LogP contribution is 2.18. The third kappa shape index (κ3) is 2.45. The molecule has 1 amide bonds. The topological polar surface area (TPSA) is 44.4 Å². The van der Waals surface area contributed by atoms with Crippen LogP contribution < -0.4 is 10.6 Å². The molecule has 1 saturated carbocycles.